The Morgan fingerprint density at radius 2 is 2.00 bits per heavy atom. The van der Waals surface area contributed by atoms with Crippen molar-refractivity contribution in [3.8, 4) is 5.75 Å². The zero-order valence-electron chi connectivity index (χ0n) is 15.8. The van der Waals surface area contributed by atoms with Crippen molar-refractivity contribution in [2.75, 3.05) is 13.2 Å². The molecule has 0 saturated carbocycles. The fourth-order valence-electron chi connectivity index (χ4n) is 2.48. The summed E-state index contributed by atoms with van der Waals surface area (Å²) in [5, 5.41) is 6.03. The Bertz CT molecular complexity index is 1110. The zero-order valence-corrected chi connectivity index (χ0v) is 16.6. The summed E-state index contributed by atoms with van der Waals surface area (Å²) in [4.78, 5) is 32.4. The van der Waals surface area contributed by atoms with Gasteiger partial charge >= 0.3 is 0 Å². The number of hydrogen-bond acceptors (Lipinski definition) is 5. The van der Waals surface area contributed by atoms with E-state index in [0.29, 0.717) is 17.6 Å². The topological polar surface area (TPSA) is 93.2 Å². The van der Waals surface area contributed by atoms with Gasteiger partial charge in [0.25, 0.3) is 11.8 Å². The average molecular weight is 429 g/mol. The third kappa shape index (κ3) is 5.74. The molecular formula is C21H18ClFN4O3. The van der Waals surface area contributed by atoms with E-state index < -0.39 is 17.6 Å². The highest BCUT2D eigenvalue weighted by Gasteiger charge is 2.11. The minimum Gasteiger partial charge on any atom is -0.484 e. The van der Waals surface area contributed by atoms with Gasteiger partial charge in [-0.25, -0.2) is 14.4 Å². The molecule has 0 aliphatic heterocycles. The lowest BCUT2D eigenvalue weighted by atomic mass is 10.2. The van der Waals surface area contributed by atoms with E-state index in [4.69, 9.17) is 16.3 Å². The molecule has 1 aromatic heterocycles. The van der Waals surface area contributed by atoms with Gasteiger partial charge in [-0.2, -0.15) is 0 Å². The van der Waals surface area contributed by atoms with Crippen molar-refractivity contribution >= 4 is 34.3 Å². The van der Waals surface area contributed by atoms with Crippen molar-refractivity contribution in [2.45, 2.75) is 6.42 Å². The number of halogens is 2. The fourth-order valence-corrected chi connectivity index (χ4v) is 2.60. The van der Waals surface area contributed by atoms with Gasteiger partial charge in [-0.1, -0.05) is 36.4 Å². The Balaban J connectivity index is 1.40. The van der Waals surface area contributed by atoms with Crippen LogP contribution >= 0.6 is 11.6 Å². The summed E-state index contributed by atoms with van der Waals surface area (Å²) >= 11 is 5.59. The third-order valence-electron chi connectivity index (χ3n) is 3.99. The second kappa shape index (κ2) is 9.80. The van der Waals surface area contributed by atoms with Gasteiger partial charge in [-0.05, 0) is 18.2 Å². The predicted octanol–water partition coefficient (Wildman–Crippen LogP) is 3.25. The molecule has 3 aromatic rings. The number of carbonyl (C=O) groups is 2. The second-order valence-corrected chi connectivity index (χ2v) is 6.68. The Kier molecular flexibility index (Phi) is 6.92. The lowest BCUT2D eigenvalue weighted by Crippen LogP contribution is -2.32. The predicted molar refractivity (Wildman–Crippen MR) is 111 cm³/mol. The first-order valence-corrected chi connectivity index (χ1v) is 9.35. The van der Waals surface area contributed by atoms with Crippen molar-refractivity contribution in [1.29, 1.82) is 0 Å². The number of fused-ring (bicyclic) bond motifs is 1. The van der Waals surface area contributed by atoms with Gasteiger partial charge in [0.2, 0.25) is 5.82 Å². The van der Waals surface area contributed by atoms with Crippen LogP contribution in [-0.2, 0) is 4.79 Å². The molecule has 1 heterocycles. The highest BCUT2D eigenvalue weighted by atomic mass is 35.5. The molecule has 0 atom stereocenters. The highest BCUT2D eigenvalue weighted by Crippen LogP contribution is 2.20. The number of nitrogens with zero attached hydrogens (tertiary/aromatic N) is 2. The van der Waals surface area contributed by atoms with Crippen LogP contribution in [-0.4, -0.2) is 34.9 Å². The van der Waals surface area contributed by atoms with E-state index in [1.54, 1.807) is 12.3 Å². The number of carbonyl (C=O) groups excluding carboxylic acids is 2. The third-order valence-corrected chi connectivity index (χ3v) is 4.30. The molecule has 0 bridgehead atoms. The van der Waals surface area contributed by atoms with Crippen LogP contribution in [0.3, 0.4) is 0 Å². The minimum absolute atomic E-state index is 0.0264. The van der Waals surface area contributed by atoms with E-state index >= 15 is 0 Å². The SMILES string of the molecule is C=C(CCNC(=O)COc1ccc(Cl)c(F)c1)NC(=O)c1ncc2ccccc2n1. The fraction of sp³-hybridized carbons (Fsp3) is 0.143. The summed E-state index contributed by atoms with van der Waals surface area (Å²) in [5.41, 5.74) is 1.06. The monoisotopic (exact) mass is 428 g/mol. The van der Waals surface area contributed by atoms with Gasteiger partial charge in [0.15, 0.2) is 6.61 Å². The molecule has 7 nitrogen and oxygen atoms in total. The Labute approximate surface area is 176 Å². The maximum Gasteiger partial charge on any atom is 0.293 e. The van der Waals surface area contributed by atoms with E-state index in [9.17, 15) is 14.0 Å². The number of aromatic nitrogens is 2. The number of para-hydroxylation sites is 1. The van der Waals surface area contributed by atoms with E-state index in [1.165, 1.54) is 12.1 Å². The average Bonchev–Trinajstić information content (AvgIpc) is 2.74. The molecule has 0 saturated heterocycles. The van der Waals surface area contributed by atoms with Crippen LogP contribution in [0.1, 0.15) is 17.0 Å². The van der Waals surface area contributed by atoms with E-state index in [1.807, 2.05) is 18.2 Å². The van der Waals surface area contributed by atoms with Crippen LogP contribution < -0.4 is 15.4 Å². The van der Waals surface area contributed by atoms with Crippen molar-refractivity contribution in [3.63, 3.8) is 0 Å². The first-order chi connectivity index (χ1) is 14.4. The Morgan fingerprint density at radius 3 is 2.80 bits per heavy atom. The molecule has 0 aliphatic rings. The summed E-state index contributed by atoms with van der Waals surface area (Å²) < 4.78 is 18.5. The van der Waals surface area contributed by atoms with E-state index in [2.05, 4.69) is 27.2 Å². The van der Waals surface area contributed by atoms with Crippen LogP contribution in [0.2, 0.25) is 5.02 Å². The lowest BCUT2D eigenvalue weighted by Gasteiger charge is -2.10. The van der Waals surface area contributed by atoms with Crippen LogP contribution in [0.5, 0.6) is 5.75 Å². The van der Waals surface area contributed by atoms with Crippen molar-refractivity contribution in [2.24, 2.45) is 0 Å². The molecule has 2 aromatic carbocycles. The molecule has 0 unspecified atom stereocenters. The highest BCUT2D eigenvalue weighted by molar-refractivity contribution is 6.30. The quantitative estimate of drug-likeness (QED) is 0.574. The molecule has 9 heteroatoms. The van der Waals surface area contributed by atoms with Crippen LogP contribution in [0.25, 0.3) is 10.9 Å². The molecule has 2 amide bonds. The summed E-state index contributed by atoms with van der Waals surface area (Å²) in [6.45, 7) is 3.71. The summed E-state index contributed by atoms with van der Waals surface area (Å²) in [6, 6.07) is 11.2. The molecule has 30 heavy (non-hydrogen) atoms. The number of ether oxygens (including phenoxy) is 1. The Hall–Kier alpha value is -3.52. The van der Waals surface area contributed by atoms with Gasteiger partial charge in [0.1, 0.15) is 11.6 Å². The molecule has 0 radical (unpaired) electrons. The van der Waals surface area contributed by atoms with Gasteiger partial charge in [0.05, 0.1) is 10.5 Å². The molecular weight excluding hydrogens is 411 g/mol. The summed E-state index contributed by atoms with van der Waals surface area (Å²) in [7, 11) is 0. The summed E-state index contributed by atoms with van der Waals surface area (Å²) in [6.07, 6.45) is 1.88. The van der Waals surface area contributed by atoms with Crippen LogP contribution in [0, 0.1) is 5.82 Å². The number of rotatable bonds is 8. The van der Waals surface area contributed by atoms with Gasteiger partial charge < -0.3 is 15.4 Å². The van der Waals surface area contributed by atoms with Crippen molar-refractivity contribution in [3.05, 3.63) is 77.6 Å². The first-order valence-electron chi connectivity index (χ1n) is 8.98. The number of nitrogens with one attached hydrogen (secondary N) is 2. The molecule has 2 N–H and O–H groups in total. The normalized spacial score (nSPS) is 10.5. The minimum atomic E-state index is -0.628. The van der Waals surface area contributed by atoms with Crippen molar-refractivity contribution in [1.82, 2.24) is 20.6 Å². The molecule has 0 aliphatic carbocycles. The lowest BCUT2D eigenvalue weighted by molar-refractivity contribution is -0.123. The molecule has 3 rings (SSSR count). The van der Waals surface area contributed by atoms with Crippen LogP contribution in [0.4, 0.5) is 4.39 Å². The van der Waals surface area contributed by atoms with Crippen molar-refractivity contribution < 1.29 is 18.7 Å². The van der Waals surface area contributed by atoms with E-state index in [0.717, 1.165) is 11.5 Å². The maximum absolute atomic E-state index is 13.3. The summed E-state index contributed by atoms with van der Waals surface area (Å²) in [5.74, 6) is -1.29. The van der Waals surface area contributed by atoms with Gasteiger partial charge in [-0.3, -0.25) is 9.59 Å². The molecule has 0 fully saturated rings. The molecule has 0 spiro atoms. The Morgan fingerprint density at radius 1 is 1.20 bits per heavy atom. The second-order valence-electron chi connectivity index (χ2n) is 6.27. The number of amides is 2. The maximum atomic E-state index is 13.3. The van der Waals surface area contributed by atoms with Gasteiger partial charge in [-0.15, -0.1) is 0 Å². The molecule has 154 valence electrons. The van der Waals surface area contributed by atoms with E-state index in [-0.39, 0.29) is 29.7 Å². The zero-order chi connectivity index (χ0) is 21.5. The smallest absolute Gasteiger partial charge is 0.293 e. The number of hydrogen-bond donors (Lipinski definition) is 2. The largest absolute Gasteiger partial charge is 0.484 e. The number of benzene rings is 2. The van der Waals surface area contributed by atoms with Crippen LogP contribution in [0.15, 0.2) is 60.9 Å². The standard InChI is InChI=1S/C21H18ClFN4O3/c1-13(26-21(29)20-25-11-14-4-2-3-5-18(14)27-20)8-9-24-19(28)12-30-15-6-7-16(22)17(23)10-15/h2-7,10-11H,1,8-9,12H2,(H,24,28)(H,26,29). The van der Waals surface area contributed by atoms with Gasteiger partial charge in [0, 0.05) is 36.3 Å². The first kappa shape index (κ1) is 21.2.